The van der Waals surface area contributed by atoms with Gasteiger partial charge in [0.25, 0.3) is 0 Å². The molecule has 1 unspecified atom stereocenters. The lowest BCUT2D eigenvalue weighted by atomic mass is 10.0. The standard InChI is InChI=1S/C16H22FNO3/c1-16(2)11-18(9-15(10-19)21-16)8-14(20)7-12-3-5-13(17)6-4-12/h3-6,15,19H,7-11H2,1-2H3. The van der Waals surface area contributed by atoms with Gasteiger partial charge in [0, 0.05) is 19.5 Å². The Morgan fingerprint density at radius 3 is 2.71 bits per heavy atom. The highest BCUT2D eigenvalue weighted by Crippen LogP contribution is 2.20. The van der Waals surface area contributed by atoms with Gasteiger partial charge in [-0.3, -0.25) is 9.69 Å². The Morgan fingerprint density at radius 1 is 1.43 bits per heavy atom. The molecule has 0 spiro atoms. The molecule has 0 saturated carbocycles. The number of ether oxygens (including phenoxy) is 1. The maximum absolute atomic E-state index is 12.8. The van der Waals surface area contributed by atoms with Crippen molar-refractivity contribution in [1.82, 2.24) is 4.90 Å². The zero-order valence-electron chi connectivity index (χ0n) is 12.5. The molecule has 21 heavy (non-hydrogen) atoms. The lowest BCUT2D eigenvalue weighted by Gasteiger charge is -2.42. The Kier molecular flexibility index (Phi) is 5.08. The summed E-state index contributed by atoms with van der Waals surface area (Å²) in [6, 6.07) is 5.99. The maximum atomic E-state index is 12.8. The Balaban J connectivity index is 1.91. The van der Waals surface area contributed by atoms with E-state index in [1.165, 1.54) is 12.1 Å². The monoisotopic (exact) mass is 295 g/mol. The topological polar surface area (TPSA) is 49.8 Å². The molecule has 0 aromatic heterocycles. The van der Waals surface area contributed by atoms with E-state index in [1.807, 2.05) is 18.7 Å². The second kappa shape index (κ2) is 6.64. The number of hydrogen-bond donors (Lipinski definition) is 1. The summed E-state index contributed by atoms with van der Waals surface area (Å²) in [5, 5.41) is 9.26. The van der Waals surface area contributed by atoms with Gasteiger partial charge < -0.3 is 9.84 Å². The number of aliphatic hydroxyl groups excluding tert-OH is 1. The van der Waals surface area contributed by atoms with Crippen molar-refractivity contribution in [2.24, 2.45) is 0 Å². The molecule has 1 aliphatic heterocycles. The van der Waals surface area contributed by atoms with E-state index in [9.17, 15) is 14.3 Å². The van der Waals surface area contributed by atoms with Crippen molar-refractivity contribution in [2.45, 2.75) is 32.0 Å². The molecule has 0 aliphatic carbocycles. The summed E-state index contributed by atoms with van der Waals surface area (Å²) in [5.41, 5.74) is 0.439. The highest BCUT2D eigenvalue weighted by atomic mass is 19.1. The van der Waals surface area contributed by atoms with E-state index in [0.717, 1.165) is 5.56 Å². The van der Waals surface area contributed by atoms with E-state index >= 15 is 0 Å². The van der Waals surface area contributed by atoms with Crippen molar-refractivity contribution in [2.75, 3.05) is 26.2 Å². The van der Waals surface area contributed by atoms with Crippen molar-refractivity contribution >= 4 is 5.78 Å². The predicted octanol–water partition coefficient (Wildman–Crippen LogP) is 1.41. The number of benzene rings is 1. The zero-order valence-corrected chi connectivity index (χ0v) is 12.5. The van der Waals surface area contributed by atoms with Crippen LogP contribution in [0.1, 0.15) is 19.4 Å². The van der Waals surface area contributed by atoms with Crippen LogP contribution in [0.3, 0.4) is 0 Å². The quantitative estimate of drug-likeness (QED) is 0.892. The molecule has 0 amide bonds. The fraction of sp³-hybridized carbons (Fsp3) is 0.562. The number of nitrogens with zero attached hydrogens (tertiary/aromatic N) is 1. The number of carbonyl (C=O) groups is 1. The molecule has 1 heterocycles. The normalized spacial score (nSPS) is 22.2. The maximum Gasteiger partial charge on any atom is 0.151 e. The molecule has 1 atom stereocenters. The van der Waals surface area contributed by atoms with Gasteiger partial charge >= 0.3 is 0 Å². The van der Waals surface area contributed by atoms with Crippen LogP contribution >= 0.6 is 0 Å². The molecule has 1 saturated heterocycles. The van der Waals surface area contributed by atoms with Gasteiger partial charge in [-0.15, -0.1) is 0 Å². The minimum Gasteiger partial charge on any atom is -0.394 e. The van der Waals surface area contributed by atoms with Gasteiger partial charge in [0.15, 0.2) is 5.78 Å². The second-order valence-electron chi connectivity index (χ2n) is 6.19. The number of hydrogen-bond acceptors (Lipinski definition) is 4. The molecule has 1 aromatic carbocycles. The summed E-state index contributed by atoms with van der Waals surface area (Å²) in [4.78, 5) is 14.1. The summed E-state index contributed by atoms with van der Waals surface area (Å²) < 4.78 is 18.6. The first-order chi connectivity index (χ1) is 9.88. The Hall–Kier alpha value is -1.30. The third kappa shape index (κ3) is 4.88. The minimum atomic E-state index is -0.373. The van der Waals surface area contributed by atoms with Gasteiger partial charge in [0.05, 0.1) is 24.9 Å². The van der Waals surface area contributed by atoms with Crippen LogP contribution in [0.25, 0.3) is 0 Å². The first-order valence-electron chi connectivity index (χ1n) is 7.15. The van der Waals surface area contributed by atoms with Crippen LogP contribution in [0.2, 0.25) is 0 Å². The number of morpholine rings is 1. The van der Waals surface area contributed by atoms with Gasteiger partial charge in [-0.25, -0.2) is 4.39 Å². The largest absolute Gasteiger partial charge is 0.394 e. The molecule has 1 aliphatic rings. The summed E-state index contributed by atoms with van der Waals surface area (Å²) in [6.07, 6.45) is 0.0364. The van der Waals surface area contributed by atoms with Crippen molar-refractivity contribution in [3.05, 3.63) is 35.6 Å². The molecular weight excluding hydrogens is 273 g/mol. The smallest absolute Gasteiger partial charge is 0.151 e. The Labute approximate surface area is 124 Å². The van der Waals surface area contributed by atoms with Crippen LogP contribution in [-0.4, -0.2) is 53.7 Å². The van der Waals surface area contributed by atoms with Crippen LogP contribution in [0.4, 0.5) is 4.39 Å². The molecule has 4 nitrogen and oxygen atoms in total. The van der Waals surface area contributed by atoms with Gasteiger partial charge in [-0.1, -0.05) is 12.1 Å². The number of Topliss-reactive ketones (excluding diaryl/α,β-unsaturated/α-hetero) is 1. The van der Waals surface area contributed by atoms with E-state index in [0.29, 0.717) is 26.1 Å². The van der Waals surface area contributed by atoms with E-state index in [1.54, 1.807) is 12.1 Å². The third-order valence-corrected chi connectivity index (χ3v) is 3.47. The van der Waals surface area contributed by atoms with Gasteiger partial charge in [-0.05, 0) is 31.5 Å². The number of ketones is 1. The van der Waals surface area contributed by atoms with Gasteiger partial charge in [0.1, 0.15) is 5.82 Å². The van der Waals surface area contributed by atoms with Crippen LogP contribution < -0.4 is 0 Å². The molecule has 1 fully saturated rings. The van der Waals surface area contributed by atoms with Gasteiger partial charge in [-0.2, -0.15) is 0 Å². The highest BCUT2D eigenvalue weighted by molar-refractivity contribution is 5.82. The van der Waals surface area contributed by atoms with Crippen molar-refractivity contribution in [3.63, 3.8) is 0 Å². The van der Waals surface area contributed by atoms with Crippen LogP contribution in [0.5, 0.6) is 0 Å². The lowest BCUT2D eigenvalue weighted by molar-refractivity contribution is -0.152. The SMILES string of the molecule is CC1(C)CN(CC(=O)Cc2ccc(F)cc2)CC(CO)O1. The lowest BCUT2D eigenvalue weighted by Crippen LogP contribution is -2.54. The highest BCUT2D eigenvalue weighted by Gasteiger charge is 2.33. The predicted molar refractivity (Wildman–Crippen MR) is 77.6 cm³/mol. The van der Waals surface area contributed by atoms with Crippen molar-refractivity contribution < 1.29 is 19.0 Å². The van der Waals surface area contributed by atoms with Gasteiger partial charge in [0.2, 0.25) is 0 Å². The first-order valence-corrected chi connectivity index (χ1v) is 7.15. The fourth-order valence-electron chi connectivity index (χ4n) is 2.77. The zero-order chi connectivity index (χ0) is 15.5. The average Bonchev–Trinajstić information content (AvgIpc) is 2.39. The summed E-state index contributed by atoms with van der Waals surface area (Å²) in [6.45, 7) is 5.37. The molecule has 0 bridgehead atoms. The summed E-state index contributed by atoms with van der Waals surface area (Å²) >= 11 is 0. The Morgan fingerprint density at radius 2 is 2.10 bits per heavy atom. The molecule has 1 N–H and O–H groups in total. The number of carbonyl (C=O) groups excluding carboxylic acids is 1. The third-order valence-electron chi connectivity index (χ3n) is 3.47. The molecule has 116 valence electrons. The number of aliphatic hydroxyl groups is 1. The van der Waals surface area contributed by atoms with Crippen LogP contribution in [-0.2, 0) is 16.0 Å². The van der Waals surface area contributed by atoms with Crippen LogP contribution in [0.15, 0.2) is 24.3 Å². The number of rotatable bonds is 5. The van der Waals surface area contributed by atoms with E-state index in [-0.39, 0.29) is 29.9 Å². The molecule has 1 aromatic rings. The Bertz CT molecular complexity index is 487. The number of halogens is 1. The fourth-order valence-corrected chi connectivity index (χ4v) is 2.77. The minimum absolute atomic E-state index is 0.0495. The van der Waals surface area contributed by atoms with E-state index in [2.05, 4.69) is 0 Å². The van der Waals surface area contributed by atoms with Crippen molar-refractivity contribution in [3.8, 4) is 0 Å². The molecule has 2 rings (SSSR count). The average molecular weight is 295 g/mol. The molecule has 0 radical (unpaired) electrons. The summed E-state index contributed by atoms with van der Waals surface area (Å²) in [7, 11) is 0. The van der Waals surface area contributed by atoms with E-state index < -0.39 is 0 Å². The summed E-state index contributed by atoms with van der Waals surface area (Å²) in [5.74, 6) is -0.220. The molecular formula is C16H22FNO3. The second-order valence-corrected chi connectivity index (χ2v) is 6.19. The van der Waals surface area contributed by atoms with E-state index in [4.69, 9.17) is 4.74 Å². The van der Waals surface area contributed by atoms with Crippen LogP contribution in [0, 0.1) is 5.82 Å². The molecule has 5 heteroatoms. The first kappa shape index (κ1) is 16.1. The van der Waals surface area contributed by atoms with Crippen molar-refractivity contribution in [1.29, 1.82) is 0 Å².